The summed E-state index contributed by atoms with van der Waals surface area (Å²) < 4.78 is 5.80. The molecule has 1 aliphatic heterocycles. The van der Waals surface area contributed by atoms with Crippen LogP contribution in [0.4, 0.5) is 0 Å². The number of ether oxygens (including phenoxy) is 1. The van der Waals surface area contributed by atoms with Gasteiger partial charge in [-0.2, -0.15) is 0 Å². The lowest BCUT2D eigenvalue weighted by Crippen LogP contribution is -2.48. The Morgan fingerprint density at radius 1 is 1.09 bits per heavy atom. The molecule has 3 nitrogen and oxygen atoms in total. The average molecular weight is 310 g/mol. The molecule has 1 saturated heterocycles. The topological polar surface area (TPSA) is 24.5 Å². The summed E-state index contributed by atoms with van der Waals surface area (Å²) in [4.78, 5) is 2.69. The zero-order valence-electron chi connectivity index (χ0n) is 13.9. The summed E-state index contributed by atoms with van der Waals surface area (Å²) in [5, 5.41) is 6.17. The number of nitrogens with zero attached hydrogens (tertiary/aromatic N) is 1. The van der Waals surface area contributed by atoms with Gasteiger partial charge in [-0.05, 0) is 35.6 Å². The van der Waals surface area contributed by atoms with E-state index in [2.05, 4.69) is 46.6 Å². The van der Waals surface area contributed by atoms with Crippen LogP contribution in [0.5, 0.6) is 5.75 Å². The van der Waals surface area contributed by atoms with Crippen molar-refractivity contribution in [3.8, 4) is 5.75 Å². The highest BCUT2D eigenvalue weighted by Crippen LogP contribution is 2.46. The summed E-state index contributed by atoms with van der Waals surface area (Å²) in [5.41, 5.74) is 1.41. The first kappa shape index (κ1) is 15.0. The average Bonchev–Trinajstić information content (AvgIpc) is 2.58. The van der Waals surface area contributed by atoms with E-state index in [1.807, 2.05) is 7.11 Å². The van der Waals surface area contributed by atoms with Crippen LogP contribution < -0.4 is 10.1 Å². The van der Waals surface area contributed by atoms with Crippen molar-refractivity contribution in [1.82, 2.24) is 10.2 Å². The number of rotatable bonds is 4. The largest absolute Gasteiger partial charge is 0.496 e. The van der Waals surface area contributed by atoms with Gasteiger partial charge in [0.15, 0.2) is 0 Å². The summed E-state index contributed by atoms with van der Waals surface area (Å²) in [6, 6.07) is 13.6. The molecule has 1 heterocycles. The Hall–Kier alpha value is -1.58. The molecule has 1 saturated carbocycles. The first-order valence-electron chi connectivity index (χ1n) is 8.89. The fourth-order valence-electron chi connectivity index (χ4n) is 4.19. The smallest absolute Gasteiger partial charge is 0.124 e. The Bertz CT molecular complexity index is 674. The predicted molar refractivity (Wildman–Crippen MR) is 95.0 cm³/mol. The molecule has 1 aliphatic carbocycles. The molecule has 122 valence electrons. The third kappa shape index (κ3) is 2.73. The molecule has 0 spiro atoms. The number of hydrogen-bond donors (Lipinski definition) is 1. The van der Waals surface area contributed by atoms with Gasteiger partial charge in [0.05, 0.1) is 7.11 Å². The standard InChI is InChI=1S/C20H26N2O/c1-23-18-10-9-15-5-2-3-8-17(15)19(18)20(16-6-4-7-16)22-13-11-21-12-14-22/h2-3,5,8-10,16,20-21H,4,6-7,11-14H2,1H3/t20-/m1/s1. The molecule has 2 fully saturated rings. The lowest BCUT2D eigenvalue weighted by Gasteiger charge is -2.44. The van der Waals surface area contributed by atoms with Crippen LogP contribution in [0, 0.1) is 5.92 Å². The molecule has 0 amide bonds. The first-order valence-corrected chi connectivity index (χ1v) is 8.89. The van der Waals surface area contributed by atoms with E-state index in [1.54, 1.807) is 0 Å². The molecule has 3 heteroatoms. The van der Waals surface area contributed by atoms with Gasteiger partial charge < -0.3 is 10.1 Å². The summed E-state index contributed by atoms with van der Waals surface area (Å²) in [6.45, 7) is 4.45. The second-order valence-electron chi connectivity index (χ2n) is 6.82. The Balaban J connectivity index is 1.85. The highest BCUT2D eigenvalue weighted by Gasteiger charge is 2.36. The van der Waals surface area contributed by atoms with Gasteiger partial charge >= 0.3 is 0 Å². The molecule has 4 rings (SSSR count). The Labute approximate surface area is 138 Å². The van der Waals surface area contributed by atoms with Crippen molar-refractivity contribution in [1.29, 1.82) is 0 Å². The minimum Gasteiger partial charge on any atom is -0.496 e. The van der Waals surface area contributed by atoms with Crippen LogP contribution in [0.25, 0.3) is 10.8 Å². The number of nitrogens with one attached hydrogen (secondary N) is 1. The number of methoxy groups -OCH3 is 1. The fourth-order valence-corrected chi connectivity index (χ4v) is 4.19. The van der Waals surface area contributed by atoms with Gasteiger partial charge in [0, 0.05) is 37.8 Å². The van der Waals surface area contributed by atoms with Crippen LogP contribution in [0.1, 0.15) is 30.9 Å². The summed E-state index contributed by atoms with van der Waals surface area (Å²) in [5.74, 6) is 1.83. The first-order chi connectivity index (χ1) is 11.4. The SMILES string of the molecule is COc1ccc2ccccc2c1[C@@H](C1CCC1)N1CCNCC1. The molecular formula is C20H26N2O. The van der Waals surface area contributed by atoms with E-state index in [4.69, 9.17) is 4.74 Å². The van der Waals surface area contributed by atoms with E-state index in [0.29, 0.717) is 6.04 Å². The maximum atomic E-state index is 5.80. The van der Waals surface area contributed by atoms with Crippen LogP contribution in [0.2, 0.25) is 0 Å². The molecule has 23 heavy (non-hydrogen) atoms. The third-order valence-electron chi connectivity index (χ3n) is 5.59. The van der Waals surface area contributed by atoms with Crippen molar-refractivity contribution in [3.05, 3.63) is 42.0 Å². The van der Waals surface area contributed by atoms with Crippen LogP contribution in [0.3, 0.4) is 0 Å². The van der Waals surface area contributed by atoms with Gasteiger partial charge in [0.25, 0.3) is 0 Å². The quantitative estimate of drug-likeness (QED) is 0.934. The van der Waals surface area contributed by atoms with E-state index in [0.717, 1.165) is 37.8 Å². The summed E-state index contributed by atoms with van der Waals surface area (Å²) in [7, 11) is 1.81. The van der Waals surface area contributed by atoms with Crippen molar-refractivity contribution < 1.29 is 4.74 Å². The molecule has 0 unspecified atom stereocenters. The molecule has 0 bridgehead atoms. The van der Waals surface area contributed by atoms with Crippen molar-refractivity contribution in [2.24, 2.45) is 5.92 Å². The normalized spacial score (nSPS) is 21.1. The van der Waals surface area contributed by atoms with Gasteiger partial charge in [-0.25, -0.2) is 0 Å². The van der Waals surface area contributed by atoms with E-state index < -0.39 is 0 Å². The van der Waals surface area contributed by atoms with Gasteiger partial charge in [-0.3, -0.25) is 4.90 Å². The second-order valence-corrected chi connectivity index (χ2v) is 6.82. The van der Waals surface area contributed by atoms with Gasteiger partial charge in [0.2, 0.25) is 0 Å². The fraction of sp³-hybridized carbons (Fsp3) is 0.500. The second kappa shape index (κ2) is 6.50. The lowest BCUT2D eigenvalue weighted by molar-refractivity contribution is 0.0828. The Morgan fingerprint density at radius 3 is 2.57 bits per heavy atom. The van der Waals surface area contributed by atoms with Gasteiger partial charge in [-0.1, -0.05) is 36.8 Å². The highest BCUT2D eigenvalue weighted by molar-refractivity contribution is 5.88. The minimum atomic E-state index is 0.493. The zero-order chi connectivity index (χ0) is 15.6. The van der Waals surface area contributed by atoms with E-state index in [-0.39, 0.29) is 0 Å². The van der Waals surface area contributed by atoms with Crippen LogP contribution in [-0.2, 0) is 0 Å². The molecular weight excluding hydrogens is 284 g/mol. The predicted octanol–water partition coefficient (Wildman–Crippen LogP) is 3.59. The van der Waals surface area contributed by atoms with Crippen LogP contribution in [0.15, 0.2) is 36.4 Å². The van der Waals surface area contributed by atoms with Gasteiger partial charge in [0.1, 0.15) is 5.75 Å². The number of benzene rings is 2. The van der Waals surface area contributed by atoms with Crippen molar-refractivity contribution >= 4 is 10.8 Å². The van der Waals surface area contributed by atoms with E-state index in [1.165, 1.54) is 35.6 Å². The molecule has 2 aliphatic rings. The minimum absolute atomic E-state index is 0.493. The Morgan fingerprint density at radius 2 is 1.87 bits per heavy atom. The third-order valence-corrected chi connectivity index (χ3v) is 5.59. The molecule has 0 aromatic heterocycles. The van der Waals surface area contributed by atoms with E-state index >= 15 is 0 Å². The van der Waals surface area contributed by atoms with Crippen molar-refractivity contribution in [2.45, 2.75) is 25.3 Å². The maximum absolute atomic E-state index is 5.80. The molecule has 0 radical (unpaired) electrons. The highest BCUT2D eigenvalue weighted by atomic mass is 16.5. The monoisotopic (exact) mass is 310 g/mol. The molecule has 2 aromatic carbocycles. The number of piperazine rings is 1. The lowest BCUT2D eigenvalue weighted by atomic mass is 9.75. The molecule has 1 atom stereocenters. The van der Waals surface area contributed by atoms with E-state index in [9.17, 15) is 0 Å². The van der Waals surface area contributed by atoms with Crippen LogP contribution >= 0.6 is 0 Å². The molecule has 2 aromatic rings. The zero-order valence-corrected chi connectivity index (χ0v) is 13.9. The number of fused-ring (bicyclic) bond motifs is 1. The maximum Gasteiger partial charge on any atom is 0.124 e. The summed E-state index contributed by atoms with van der Waals surface area (Å²) >= 11 is 0. The van der Waals surface area contributed by atoms with Crippen molar-refractivity contribution in [3.63, 3.8) is 0 Å². The molecule has 1 N–H and O–H groups in total. The number of hydrogen-bond acceptors (Lipinski definition) is 3. The van der Waals surface area contributed by atoms with Gasteiger partial charge in [-0.15, -0.1) is 0 Å². The summed E-state index contributed by atoms with van der Waals surface area (Å²) in [6.07, 6.45) is 4.07. The Kier molecular flexibility index (Phi) is 4.23. The van der Waals surface area contributed by atoms with Crippen molar-refractivity contribution in [2.75, 3.05) is 33.3 Å². The van der Waals surface area contributed by atoms with Crippen LogP contribution in [-0.4, -0.2) is 38.2 Å².